The number of hydrogen-bond donors (Lipinski definition) is 5. The van der Waals surface area contributed by atoms with Crippen LogP contribution in [0.25, 0.3) is 0 Å². The van der Waals surface area contributed by atoms with Crippen molar-refractivity contribution in [2.24, 2.45) is 17.2 Å². The van der Waals surface area contributed by atoms with E-state index in [1.165, 1.54) is 15.9 Å². The number of aryl methyl sites for hydroxylation is 2. The molecule has 0 bridgehead atoms. The van der Waals surface area contributed by atoms with Gasteiger partial charge in [0.25, 0.3) is 0 Å². The van der Waals surface area contributed by atoms with E-state index < -0.39 is 16.1 Å². The number of rotatable bonds is 17. The molecule has 2 unspecified atom stereocenters. The van der Waals surface area contributed by atoms with Crippen molar-refractivity contribution in [1.29, 1.82) is 0 Å². The first-order valence-corrected chi connectivity index (χ1v) is 16.0. The molecule has 0 aliphatic rings. The smallest absolute Gasteiger partial charge is 0.243 e. The fraction of sp³-hybridized carbons (Fsp3) is 0.500. The van der Waals surface area contributed by atoms with Crippen LogP contribution in [0.3, 0.4) is 0 Å². The van der Waals surface area contributed by atoms with E-state index in [4.69, 9.17) is 17.2 Å². The minimum atomic E-state index is -3.50. The lowest BCUT2D eigenvalue weighted by atomic mass is 10.1. The summed E-state index contributed by atoms with van der Waals surface area (Å²) < 4.78 is 26.2. The third-order valence-corrected chi connectivity index (χ3v) is 8.91. The molecule has 0 radical (unpaired) electrons. The summed E-state index contributed by atoms with van der Waals surface area (Å²) in [6.07, 6.45) is 2.16. The second-order valence-electron chi connectivity index (χ2n) is 10.0. The van der Waals surface area contributed by atoms with Crippen LogP contribution in [0.5, 0.6) is 0 Å². The first-order chi connectivity index (χ1) is 20.4. The highest BCUT2D eigenvalue weighted by Gasteiger charge is 2.24. The molecule has 0 aliphatic carbocycles. The maximum Gasteiger partial charge on any atom is 0.243 e. The zero-order chi connectivity index (χ0) is 32.4. The van der Waals surface area contributed by atoms with Crippen molar-refractivity contribution in [3.63, 3.8) is 0 Å². The standard InChI is InChI=1S/C18H31N5O2.C12H18N2O3S/c1-14(7-8-15-5-3-2-4-6-15)22-18(25)16(21)13-17(24)23(11-9-19)12-10-20;1-4-14(5-2)18(16,17)12-8-11(13-9-15)7-6-10(12)3/h2-6,14,16H,7-13,19-21H2,1H3,(H,22,25);6-9H,4-5H2,1-3H3,(H,13,15). The van der Waals surface area contributed by atoms with Gasteiger partial charge in [-0.15, -0.1) is 0 Å². The molecular formula is C30H49N7O5S. The summed E-state index contributed by atoms with van der Waals surface area (Å²) in [6.45, 7) is 9.63. The largest absolute Gasteiger partial charge is 0.352 e. The number of carbonyl (C=O) groups excluding carboxylic acids is 3. The summed E-state index contributed by atoms with van der Waals surface area (Å²) in [5, 5.41) is 5.33. The summed E-state index contributed by atoms with van der Waals surface area (Å²) in [4.78, 5) is 36.5. The molecule has 0 saturated heterocycles. The molecular weight excluding hydrogens is 570 g/mol. The zero-order valence-electron chi connectivity index (χ0n) is 25.8. The number of nitrogens with two attached hydrogens (primary N) is 3. The monoisotopic (exact) mass is 619 g/mol. The number of benzene rings is 2. The van der Waals surface area contributed by atoms with Crippen molar-refractivity contribution in [3.05, 3.63) is 59.7 Å². The van der Waals surface area contributed by atoms with Crippen LogP contribution in [-0.4, -0.2) is 87.2 Å². The second-order valence-corrected chi connectivity index (χ2v) is 11.9. The Morgan fingerprint density at radius 1 is 1.00 bits per heavy atom. The van der Waals surface area contributed by atoms with Crippen LogP contribution in [0, 0.1) is 6.92 Å². The van der Waals surface area contributed by atoms with Gasteiger partial charge in [-0.1, -0.05) is 50.2 Å². The lowest BCUT2D eigenvalue weighted by Gasteiger charge is -2.23. The zero-order valence-corrected chi connectivity index (χ0v) is 26.6. The Labute approximate surface area is 256 Å². The molecule has 0 aromatic heterocycles. The predicted molar refractivity (Wildman–Crippen MR) is 171 cm³/mol. The molecule has 0 aliphatic heterocycles. The average molecular weight is 620 g/mol. The third kappa shape index (κ3) is 12.8. The summed E-state index contributed by atoms with van der Waals surface area (Å²) in [5.74, 6) is -0.509. The quantitative estimate of drug-likeness (QED) is 0.163. The van der Waals surface area contributed by atoms with E-state index in [0.717, 1.165) is 12.8 Å². The van der Waals surface area contributed by atoms with Crippen LogP contribution in [0.1, 0.15) is 44.7 Å². The molecule has 0 heterocycles. The predicted octanol–water partition coefficient (Wildman–Crippen LogP) is 1.18. The Hall–Kier alpha value is -3.36. The van der Waals surface area contributed by atoms with Gasteiger partial charge in [0.1, 0.15) is 0 Å². The lowest BCUT2D eigenvalue weighted by molar-refractivity contribution is -0.134. The molecule has 8 N–H and O–H groups in total. The first kappa shape index (κ1) is 37.7. The molecule has 3 amide bonds. The van der Waals surface area contributed by atoms with Crippen molar-refractivity contribution in [2.45, 2.75) is 63.9 Å². The molecule has 13 heteroatoms. The fourth-order valence-electron chi connectivity index (χ4n) is 4.27. The molecule has 2 aromatic carbocycles. The van der Waals surface area contributed by atoms with Gasteiger partial charge in [-0.2, -0.15) is 4.31 Å². The molecule has 2 aromatic rings. The van der Waals surface area contributed by atoms with Gasteiger partial charge >= 0.3 is 0 Å². The maximum atomic E-state index is 12.4. The third-order valence-electron chi connectivity index (χ3n) is 6.72. The van der Waals surface area contributed by atoms with Gasteiger partial charge in [-0.25, -0.2) is 8.42 Å². The number of nitrogens with one attached hydrogen (secondary N) is 2. The summed E-state index contributed by atoms with van der Waals surface area (Å²) in [5.41, 5.74) is 19.2. The summed E-state index contributed by atoms with van der Waals surface area (Å²) >= 11 is 0. The maximum absolute atomic E-state index is 12.4. The van der Waals surface area contributed by atoms with E-state index in [-0.39, 0.29) is 29.2 Å². The number of sulfonamides is 1. The fourth-order valence-corrected chi connectivity index (χ4v) is 5.98. The van der Waals surface area contributed by atoms with Crippen LogP contribution < -0.4 is 27.8 Å². The Bertz CT molecular complexity index is 1230. The Kier molecular flexibility index (Phi) is 17.3. The highest BCUT2D eigenvalue weighted by Crippen LogP contribution is 2.23. The van der Waals surface area contributed by atoms with Crippen LogP contribution in [0.4, 0.5) is 5.69 Å². The molecule has 2 atom stereocenters. The van der Waals surface area contributed by atoms with E-state index in [9.17, 15) is 22.8 Å². The van der Waals surface area contributed by atoms with Gasteiger partial charge in [-0.3, -0.25) is 14.4 Å². The van der Waals surface area contributed by atoms with Crippen molar-refractivity contribution in [1.82, 2.24) is 14.5 Å². The van der Waals surface area contributed by atoms with Crippen LogP contribution in [0.2, 0.25) is 0 Å². The highest BCUT2D eigenvalue weighted by atomic mass is 32.2. The summed E-state index contributed by atoms with van der Waals surface area (Å²) in [6, 6.07) is 14.0. The molecule has 43 heavy (non-hydrogen) atoms. The molecule has 0 fully saturated rings. The van der Waals surface area contributed by atoms with E-state index >= 15 is 0 Å². The Morgan fingerprint density at radius 3 is 2.14 bits per heavy atom. The van der Waals surface area contributed by atoms with Crippen molar-refractivity contribution in [3.8, 4) is 0 Å². The second kappa shape index (κ2) is 19.8. The number of carbonyl (C=O) groups is 3. The van der Waals surface area contributed by atoms with E-state index in [0.29, 0.717) is 56.9 Å². The Balaban J connectivity index is 0.000000453. The summed E-state index contributed by atoms with van der Waals surface area (Å²) in [7, 11) is -3.50. The molecule has 0 saturated carbocycles. The SMILES string of the molecule is CC(CCc1ccccc1)NC(=O)C(N)CC(=O)N(CCN)CCN.CCN(CC)S(=O)(=O)c1cc(NC=O)ccc1C. The topological polar surface area (TPSA) is 194 Å². The number of anilines is 1. The van der Waals surface area contributed by atoms with Gasteiger partial charge in [-0.05, 0) is 49.9 Å². The van der Waals surface area contributed by atoms with Crippen LogP contribution in [-0.2, 0) is 30.8 Å². The number of hydrogen-bond acceptors (Lipinski definition) is 8. The van der Waals surface area contributed by atoms with Crippen LogP contribution >= 0.6 is 0 Å². The highest BCUT2D eigenvalue weighted by molar-refractivity contribution is 7.89. The van der Waals surface area contributed by atoms with Gasteiger partial charge in [0.05, 0.1) is 17.4 Å². The number of amides is 3. The molecule has 2 rings (SSSR count). The number of nitrogens with zero attached hydrogens (tertiary/aromatic N) is 2. The van der Waals surface area contributed by atoms with Gasteiger partial charge < -0.3 is 32.7 Å². The van der Waals surface area contributed by atoms with E-state index in [2.05, 4.69) is 22.8 Å². The molecule has 12 nitrogen and oxygen atoms in total. The average Bonchev–Trinajstić information content (AvgIpc) is 2.98. The minimum Gasteiger partial charge on any atom is -0.352 e. The molecule has 240 valence electrons. The Morgan fingerprint density at radius 2 is 1.60 bits per heavy atom. The van der Waals surface area contributed by atoms with E-state index in [1.807, 2.05) is 25.1 Å². The van der Waals surface area contributed by atoms with Crippen LogP contribution in [0.15, 0.2) is 53.4 Å². The minimum absolute atomic E-state index is 0.0157. The normalized spacial score (nSPS) is 12.5. The first-order valence-electron chi connectivity index (χ1n) is 14.5. The van der Waals surface area contributed by atoms with Gasteiger partial charge in [0.2, 0.25) is 28.2 Å². The van der Waals surface area contributed by atoms with Crippen molar-refractivity contribution in [2.75, 3.05) is 44.6 Å². The van der Waals surface area contributed by atoms with Crippen molar-refractivity contribution < 1.29 is 22.8 Å². The van der Waals surface area contributed by atoms with Gasteiger partial charge in [0, 0.05) is 51.0 Å². The van der Waals surface area contributed by atoms with Gasteiger partial charge in [0.15, 0.2) is 0 Å². The lowest BCUT2D eigenvalue weighted by Crippen LogP contribution is -2.48. The molecule has 0 spiro atoms. The van der Waals surface area contributed by atoms with Crippen molar-refractivity contribution >= 4 is 33.9 Å². The van der Waals surface area contributed by atoms with E-state index in [1.54, 1.807) is 37.8 Å².